The van der Waals surface area contributed by atoms with Gasteiger partial charge in [-0.2, -0.15) is 0 Å². The van der Waals surface area contributed by atoms with Crippen molar-refractivity contribution < 1.29 is 14.3 Å². The molecule has 0 spiro atoms. The number of alkyl halides is 1. The van der Waals surface area contributed by atoms with Gasteiger partial charge in [0.15, 0.2) is 0 Å². The van der Waals surface area contributed by atoms with Gasteiger partial charge in [0.2, 0.25) is 0 Å². The first kappa shape index (κ1) is 33.5. The van der Waals surface area contributed by atoms with Gasteiger partial charge in [0.25, 0.3) is 0 Å². The Bertz CT molecular complexity index is 961. The Balaban J connectivity index is 0.00000291. The Hall–Kier alpha value is -2.49. The smallest absolute Gasteiger partial charge is 0.145 e. The van der Waals surface area contributed by atoms with E-state index >= 15 is 0 Å². The highest BCUT2D eigenvalue weighted by Crippen LogP contribution is 2.36. The second-order valence-corrected chi connectivity index (χ2v) is 9.48. The molecule has 0 radical (unpaired) electrons. The summed E-state index contributed by atoms with van der Waals surface area (Å²) in [5.41, 5.74) is 5.77. The van der Waals surface area contributed by atoms with Gasteiger partial charge in [0, 0.05) is 16.3 Å². The number of hydrogen-bond donors (Lipinski definition) is 0. The van der Waals surface area contributed by atoms with E-state index in [0.29, 0.717) is 12.5 Å². The normalized spacial score (nSPS) is 10.9. The van der Waals surface area contributed by atoms with Crippen LogP contribution in [-0.4, -0.2) is 26.4 Å². The van der Waals surface area contributed by atoms with Crippen molar-refractivity contribution in [1.82, 2.24) is 0 Å². The van der Waals surface area contributed by atoms with Gasteiger partial charge in [-0.15, -0.1) is 24.8 Å². The molecule has 5 heteroatoms. The highest BCUT2D eigenvalue weighted by atomic mass is 35.5. The SMILES string of the molecule is C=C.C=C(C)/C=C(/COc1ccc(C(C)(C)c2cc(Cl)c(CCCCCl)c(CC)c2)cc1)OC.C=O. The number of carbonyl (C=O) groups excluding carboxylic acids is 1. The molecular formula is C31H42Cl2O3. The monoisotopic (exact) mass is 532 g/mol. The van der Waals surface area contributed by atoms with E-state index in [-0.39, 0.29) is 5.41 Å². The summed E-state index contributed by atoms with van der Waals surface area (Å²) >= 11 is 12.6. The molecule has 0 unspecified atom stereocenters. The molecule has 2 aromatic carbocycles. The first-order valence-electron chi connectivity index (χ1n) is 12.0. The predicted octanol–water partition coefficient (Wildman–Crippen LogP) is 8.89. The van der Waals surface area contributed by atoms with Crippen molar-refractivity contribution in [3.63, 3.8) is 0 Å². The molecule has 0 amide bonds. The van der Waals surface area contributed by atoms with Gasteiger partial charge in [0.1, 0.15) is 24.9 Å². The minimum Gasteiger partial charge on any atom is -0.497 e. The highest BCUT2D eigenvalue weighted by Gasteiger charge is 2.25. The topological polar surface area (TPSA) is 35.5 Å². The first-order chi connectivity index (χ1) is 17.2. The molecule has 3 nitrogen and oxygen atoms in total. The van der Waals surface area contributed by atoms with E-state index in [0.717, 1.165) is 47.8 Å². The number of hydrogen-bond acceptors (Lipinski definition) is 3. The maximum Gasteiger partial charge on any atom is 0.145 e. The second kappa shape index (κ2) is 17.9. The Morgan fingerprint density at radius 3 is 2.17 bits per heavy atom. The zero-order chi connectivity index (χ0) is 27.7. The van der Waals surface area contributed by atoms with Crippen LogP contribution in [0.4, 0.5) is 0 Å². The standard InChI is InChI=1S/C28H36Cl2O2.C2H4.CH2O/c1-7-21-17-23(18-27(30)26(21)10-8-9-15-29)28(4,5)22-11-13-24(14-12-22)32-19-25(31-6)16-20(2)3;2*1-2/h11-14,16-18H,2,7-10,15,19H2,1,3-6H3;1-2H2;1H2/b25-16-;;. The van der Waals surface area contributed by atoms with E-state index in [4.69, 9.17) is 37.5 Å². The van der Waals surface area contributed by atoms with Crippen LogP contribution in [0.2, 0.25) is 5.02 Å². The van der Waals surface area contributed by atoms with E-state index in [2.05, 4.69) is 64.8 Å². The van der Waals surface area contributed by atoms with Crippen LogP contribution in [0.5, 0.6) is 5.75 Å². The lowest BCUT2D eigenvalue weighted by atomic mass is 9.77. The Kier molecular flexibility index (Phi) is 16.6. The molecular weight excluding hydrogens is 491 g/mol. The fourth-order valence-electron chi connectivity index (χ4n) is 3.77. The second-order valence-electron chi connectivity index (χ2n) is 8.69. The molecule has 0 heterocycles. The molecule has 0 saturated heterocycles. The van der Waals surface area contributed by atoms with Gasteiger partial charge in [0.05, 0.1) is 7.11 Å². The number of rotatable bonds is 12. The fourth-order valence-corrected chi connectivity index (χ4v) is 4.29. The summed E-state index contributed by atoms with van der Waals surface area (Å²) < 4.78 is 11.2. The molecule has 2 aromatic rings. The van der Waals surface area contributed by atoms with Gasteiger partial charge in [-0.25, -0.2) is 0 Å². The molecule has 36 heavy (non-hydrogen) atoms. The molecule has 0 saturated carbocycles. The average molecular weight is 534 g/mol. The van der Waals surface area contributed by atoms with E-state index in [9.17, 15) is 0 Å². The van der Waals surface area contributed by atoms with Crippen LogP contribution in [0.15, 0.2) is 73.5 Å². The number of carbonyl (C=O) groups is 1. The summed E-state index contributed by atoms with van der Waals surface area (Å²) in [7, 11) is 1.64. The molecule has 0 N–H and O–H groups in total. The largest absolute Gasteiger partial charge is 0.497 e. The molecule has 0 atom stereocenters. The number of halogens is 2. The van der Waals surface area contributed by atoms with E-state index in [1.807, 2.05) is 31.9 Å². The summed E-state index contributed by atoms with van der Waals surface area (Å²) in [5.74, 6) is 2.24. The average Bonchev–Trinajstić information content (AvgIpc) is 2.89. The van der Waals surface area contributed by atoms with Gasteiger partial charge in [-0.3, -0.25) is 0 Å². The maximum atomic E-state index is 8.00. The number of methoxy groups -OCH3 is 1. The van der Waals surface area contributed by atoms with Gasteiger partial charge < -0.3 is 14.3 Å². The van der Waals surface area contributed by atoms with E-state index in [1.54, 1.807) is 7.11 Å². The van der Waals surface area contributed by atoms with Crippen LogP contribution in [0.3, 0.4) is 0 Å². The maximum absolute atomic E-state index is 8.00. The molecule has 0 aliphatic rings. The number of unbranched alkanes of at least 4 members (excludes halogenated alkanes) is 1. The summed E-state index contributed by atoms with van der Waals surface area (Å²) in [5, 5.41) is 0.860. The summed E-state index contributed by atoms with van der Waals surface area (Å²) in [6.07, 6.45) is 5.90. The minimum atomic E-state index is -0.182. The first-order valence-corrected chi connectivity index (χ1v) is 12.9. The predicted molar refractivity (Wildman–Crippen MR) is 157 cm³/mol. The minimum absolute atomic E-state index is 0.182. The third-order valence-electron chi connectivity index (χ3n) is 5.83. The van der Waals surface area contributed by atoms with Crippen molar-refractivity contribution in [1.29, 1.82) is 0 Å². The van der Waals surface area contributed by atoms with Gasteiger partial charge in [-0.1, -0.05) is 62.7 Å². The quantitative estimate of drug-likeness (QED) is 0.0899. The Labute approximate surface area is 228 Å². The summed E-state index contributed by atoms with van der Waals surface area (Å²) in [4.78, 5) is 8.00. The van der Waals surface area contributed by atoms with Crippen LogP contribution >= 0.6 is 23.2 Å². The fraction of sp³-hybridized carbons (Fsp3) is 0.387. The molecule has 0 aliphatic heterocycles. The van der Waals surface area contributed by atoms with Crippen LogP contribution < -0.4 is 4.74 Å². The number of benzene rings is 2. The van der Waals surface area contributed by atoms with Crippen molar-refractivity contribution >= 4 is 30.0 Å². The third-order valence-corrected chi connectivity index (χ3v) is 6.43. The zero-order valence-electron chi connectivity index (χ0n) is 22.6. The number of allylic oxidation sites excluding steroid dienone is 2. The van der Waals surface area contributed by atoms with Crippen molar-refractivity contribution in [2.24, 2.45) is 0 Å². The lowest BCUT2D eigenvalue weighted by molar-refractivity contribution is -0.0979. The summed E-state index contributed by atoms with van der Waals surface area (Å²) in [6.45, 7) is 20.8. The Morgan fingerprint density at radius 2 is 1.67 bits per heavy atom. The molecule has 0 fully saturated rings. The lowest BCUT2D eigenvalue weighted by Gasteiger charge is -2.28. The molecule has 0 aromatic heterocycles. The number of aryl methyl sites for hydroxylation is 1. The number of ether oxygens (including phenoxy) is 2. The van der Waals surface area contributed by atoms with Crippen molar-refractivity contribution in [3.05, 3.63) is 101 Å². The Morgan fingerprint density at radius 1 is 1.06 bits per heavy atom. The molecule has 198 valence electrons. The highest BCUT2D eigenvalue weighted by molar-refractivity contribution is 6.31. The van der Waals surface area contributed by atoms with Crippen LogP contribution in [0.25, 0.3) is 0 Å². The molecule has 0 aliphatic carbocycles. The zero-order valence-corrected chi connectivity index (χ0v) is 24.1. The van der Waals surface area contributed by atoms with Gasteiger partial charge >= 0.3 is 0 Å². The van der Waals surface area contributed by atoms with Crippen LogP contribution in [0, 0.1) is 0 Å². The third kappa shape index (κ3) is 10.2. The van der Waals surface area contributed by atoms with Gasteiger partial charge in [-0.05, 0) is 79.1 Å². The van der Waals surface area contributed by atoms with Crippen molar-refractivity contribution in [3.8, 4) is 5.75 Å². The lowest BCUT2D eigenvalue weighted by Crippen LogP contribution is -2.19. The van der Waals surface area contributed by atoms with Crippen molar-refractivity contribution in [2.75, 3.05) is 19.6 Å². The van der Waals surface area contributed by atoms with Crippen molar-refractivity contribution in [2.45, 2.75) is 58.8 Å². The van der Waals surface area contributed by atoms with Crippen LogP contribution in [0.1, 0.15) is 62.8 Å². The summed E-state index contributed by atoms with van der Waals surface area (Å²) in [6, 6.07) is 12.7. The van der Waals surface area contributed by atoms with Crippen LogP contribution in [-0.2, 0) is 27.8 Å². The van der Waals surface area contributed by atoms with E-state index in [1.165, 1.54) is 22.3 Å². The molecule has 0 bridgehead atoms. The molecule has 2 rings (SSSR count). The van der Waals surface area contributed by atoms with E-state index < -0.39 is 0 Å².